The predicted molar refractivity (Wildman–Crippen MR) is 81.5 cm³/mol. The number of hydrogen-bond acceptors (Lipinski definition) is 4. The van der Waals surface area contributed by atoms with Crippen LogP contribution in [0.2, 0.25) is 0 Å². The number of nitrogens with one attached hydrogen (secondary N) is 1. The zero-order valence-electron chi connectivity index (χ0n) is 13.1. The average molecular weight is 277 g/mol. The SMILES string of the molecule is CCNCc1cccc(CN2CC(C)OC(C)(C)C2)n1. The van der Waals surface area contributed by atoms with E-state index in [0.717, 1.165) is 44.1 Å². The molecule has 112 valence electrons. The molecule has 1 aromatic heterocycles. The summed E-state index contributed by atoms with van der Waals surface area (Å²) in [6, 6.07) is 6.30. The molecule has 0 saturated carbocycles. The van der Waals surface area contributed by atoms with Crippen molar-refractivity contribution < 1.29 is 4.74 Å². The Labute approximate surface area is 122 Å². The summed E-state index contributed by atoms with van der Waals surface area (Å²) < 4.78 is 5.95. The van der Waals surface area contributed by atoms with E-state index >= 15 is 0 Å². The van der Waals surface area contributed by atoms with Crippen LogP contribution in [0, 0.1) is 0 Å². The van der Waals surface area contributed by atoms with Crippen LogP contribution in [0.3, 0.4) is 0 Å². The van der Waals surface area contributed by atoms with E-state index in [1.165, 1.54) is 0 Å². The molecule has 1 aliphatic heterocycles. The first-order valence-corrected chi connectivity index (χ1v) is 7.54. The topological polar surface area (TPSA) is 37.4 Å². The van der Waals surface area contributed by atoms with Crippen molar-refractivity contribution in [3.8, 4) is 0 Å². The fraction of sp³-hybridized carbons (Fsp3) is 0.688. The molecule has 0 spiro atoms. The Morgan fingerprint density at radius 2 is 2.15 bits per heavy atom. The maximum absolute atomic E-state index is 5.95. The van der Waals surface area contributed by atoms with Crippen LogP contribution < -0.4 is 5.32 Å². The number of morpholine rings is 1. The van der Waals surface area contributed by atoms with Gasteiger partial charge in [0.05, 0.1) is 23.1 Å². The van der Waals surface area contributed by atoms with Crippen molar-refractivity contribution in [2.75, 3.05) is 19.6 Å². The molecule has 1 atom stereocenters. The summed E-state index contributed by atoms with van der Waals surface area (Å²) in [5, 5.41) is 3.32. The molecule has 1 aromatic rings. The molecule has 1 fully saturated rings. The van der Waals surface area contributed by atoms with E-state index in [4.69, 9.17) is 9.72 Å². The zero-order valence-corrected chi connectivity index (χ0v) is 13.1. The van der Waals surface area contributed by atoms with Crippen LogP contribution in [-0.4, -0.2) is 41.2 Å². The lowest BCUT2D eigenvalue weighted by atomic mass is 10.1. The van der Waals surface area contributed by atoms with Gasteiger partial charge >= 0.3 is 0 Å². The summed E-state index contributed by atoms with van der Waals surface area (Å²) in [5.41, 5.74) is 2.19. The van der Waals surface area contributed by atoms with Gasteiger partial charge in [-0.05, 0) is 39.4 Å². The summed E-state index contributed by atoms with van der Waals surface area (Å²) in [6.07, 6.45) is 0.281. The second kappa shape index (κ2) is 6.66. The van der Waals surface area contributed by atoms with Gasteiger partial charge in [0, 0.05) is 26.2 Å². The van der Waals surface area contributed by atoms with Gasteiger partial charge < -0.3 is 10.1 Å². The second-order valence-corrected chi connectivity index (χ2v) is 6.26. The highest BCUT2D eigenvalue weighted by Gasteiger charge is 2.31. The van der Waals surface area contributed by atoms with E-state index in [-0.39, 0.29) is 11.7 Å². The highest BCUT2D eigenvalue weighted by atomic mass is 16.5. The lowest BCUT2D eigenvalue weighted by molar-refractivity contribution is -0.130. The highest BCUT2D eigenvalue weighted by Crippen LogP contribution is 2.21. The van der Waals surface area contributed by atoms with Gasteiger partial charge in [-0.1, -0.05) is 13.0 Å². The Kier molecular flexibility index (Phi) is 5.13. The third-order valence-electron chi connectivity index (χ3n) is 3.45. The van der Waals surface area contributed by atoms with Gasteiger partial charge in [0.1, 0.15) is 0 Å². The van der Waals surface area contributed by atoms with Crippen molar-refractivity contribution in [2.45, 2.75) is 52.5 Å². The van der Waals surface area contributed by atoms with Crippen molar-refractivity contribution in [1.29, 1.82) is 0 Å². The Bertz CT molecular complexity index is 433. The van der Waals surface area contributed by atoms with Gasteiger partial charge in [-0.3, -0.25) is 9.88 Å². The Morgan fingerprint density at radius 1 is 1.40 bits per heavy atom. The fourth-order valence-corrected chi connectivity index (χ4v) is 2.90. The van der Waals surface area contributed by atoms with Crippen LogP contribution in [0.15, 0.2) is 18.2 Å². The van der Waals surface area contributed by atoms with Crippen LogP contribution in [-0.2, 0) is 17.8 Å². The molecule has 0 amide bonds. The molecule has 0 aliphatic carbocycles. The number of rotatable bonds is 5. The fourth-order valence-electron chi connectivity index (χ4n) is 2.90. The Hall–Kier alpha value is -0.970. The summed E-state index contributed by atoms with van der Waals surface area (Å²) in [5.74, 6) is 0. The monoisotopic (exact) mass is 277 g/mol. The number of hydrogen-bond donors (Lipinski definition) is 1. The van der Waals surface area contributed by atoms with Gasteiger partial charge in [-0.2, -0.15) is 0 Å². The maximum atomic E-state index is 5.95. The molecule has 4 heteroatoms. The summed E-state index contributed by atoms with van der Waals surface area (Å²) in [4.78, 5) is 7.17. The number of aromatic nitrogens is 1. The van der Waals surface area contributed by atoms with E-state index in [9.17, 15) is 0 Å². The molecule has 1 saturated heterocycles. The van der Waals surface area contributed by atoms with Crippen LogP contribution in [0.1, 0.15) is 39.1 Å². The minimum absolute atomic E-state index is 0.0704. The summed E-state index contributed by atoms with van der Waals surface area (Å²) >= 11 is 0. The highest BCUT2D eigenvalue weighted by molar-refractivity contribution is 5.11. The van der Waals surface area contributed by atoms with E-state index in [1.54, 1.807) is 0 Å². The molecule has 4 nitrogen and oxygen atoms in total. The van der Waals surface area contributed by atoms with Gasteiger partial charge in [0.15, 0.2) is 0 Å². The third kappa shape index (κ3) is 4.54. The largest absolute Gasteiger partial charge is 0.370 e. The zero-order chi connectivity index (χ0) is 14.6. The third-order valence-corrected chi connectivity index (χ3v) is 3.45. The van der Waals surface area contributed by atoms with Crippen molar-refractivity contribution in [3.63, 3.8) is 0 Å². The minimum atomic E-state index is -0.0704. The number of nitrogens with zero attached hydrogens (tertiary/aromatic N) is 2. The lowest BCUT2D eigenvalue weighted by Crippen LogP contribution is -2.51. The van der Waals surface area contributed by atoms with Crippen molar-refractivity contribution in [2.24, 2.45) is 0 Å². The molecule has 2 rings (SSSR count). The van der Waals surface area contributed by atoms with E-state index in [1.807, 2.05) is 0 Å². The molecule has 2 heterocycles. The van der Waals surface area contributed by atoms with Crippen molar-refractivity contribution in [3.05, 3.63) is 29.6 Å². The lowest BCUT2D eigenvalue weighted by Gasteiger charge is -2.41. The normalized spacial score (nSPS) is 22.9. The molecule has 0 aromatic carbocycles. The summed E-state index contributed by atoms with van der Waals surface area (Å²) in [7, 11) is 0. The second-order valence-electron chi connectivity index (χ2n) is 6.26. The predicted octanol–water partition coefficient (Wildman–Crippen LogP) is 2.19. The summed E-state index contributed by atoms with van der Waals surface area (Å²) in [6.45, 7) is 13.2. The van der Waals surface area contributed by atoms with Crippen molar-refractivity contribution >= 4 is 0 Å². The molecule has 0 radical (unpaired) electrons. The van der Waals surface area contributed by atoms with Crippen LogP contribution >= 0.6 is 0 Å². The molecular weight excluding hydrogens is 250 g/mol. The van der Waals surface area contributed by atoms with E-state index in [2.05, 4.69) is 56.1 Å². The smallest absolute Gasteiger partial charge is 0.0757 e. The van der Waals surface area contributed by atoms with Gasteiger partial charge in [0.2, 0.25) is 0 Å². The van der Waals surface area contributed by atoms with Crippen LogP contribution in [0.5, 0.6) is 0 Å². The Morgan fingerprint density at radius 3 is 2.85 bits per heavy atom. The molecule has 1 unspecified atom stereocenters. The van der Waals surface area contributed by atoms with Crippen molar-refractivity contribution in [1.82, 2.24) is 15.2 Å². The Balaban J connectivity index is 1.98. The molecular formula is C16H27N3O. The van der Waals surface area contributed by atoms with E-state index < -0.39 is 0 Å². The maximum Gasteiger partial charge on any atom is 0.0757 e. The first kappa shape index (κ1) is 15.4. The molecule has 1 N–H and O–H groups in total. The standard InChI is InChI=1S/C16H27N3O/c1-5-17-9-14-7-6-8-15(18-14)11-19-10-13(2)20-16(3,4)12-19/h6-8,13,17H,5,9-12H2,1-4H3. The number of ether oxygens (including phenoxy) is 1. The first-order chi connectivity index (χ1) is 9.48. The van der Waals surface area contributed by atoms with E-state index in [0.29, 0.717) is 0 Å². The minimum Gasteiger partial charge on any atom is -0.370 e. The van der Waals surface area contributed by atoms with Gasteiger partial charge in [0.25, 0.3) is 0 Å². The van der Waals surface area contributed by atoms with Crippen LogP contribution in [0.25, 0.3) is 0 Å². The van der Waals surface area contributed by atoms with Crippen LogP contribution in [0.4, 0.5) is 0 Å². The average Bonchev–Trinajstić information content (AvgIpc) is 2.34. The van der Waals surface area contributed by atoms with Gasteiger partial charge in [-0.15, -0.1) is 0 Å². The molecule has 1 aliphatic rings. The molecule has 0 bridgehead atoms. The van der Waals surface area contributed by atoms with Gasteiger partial charge in [-0.25, -0.2) is 0 Å². The first-order valence-electron chi connectivity index (χ1n) is 7.54. The number of pyridine rings is 1. The quantitative estimate of drug-likeness (QED) is 0.895. The molecule has 20 heavy (non-hydrogen) atoms.